The molecule has 0 spiro atoms. The van der Waals surface area contributed by atoms with Crippen LogP contribution in [-0.2, 0) is 11.3 Å². The highest BCUT2D eigenvalue weighted by atomic mass is 35.5. The Labute approximate surface area is 147 Å². The fourth-order valence-electron chi connectivity index (χ4n) is 2.12. The summed E-state index contributed by atoms with van der Waals surface area (Å²) in [6.45, 7) is 1.39. The lowest BCUT2D eigenvalue weighted by Crippen LogP contribution is -2.33. The predicted molar refractivity (Wildman–Crippen MR) is 90.4 cm³/mol. The van der Waals surface area contributed by atoms with E-state index in [1.807, 2.05) is 0 Å². The summed E-state index contributed by atoms with van der Waals surface area (Å²) >= 11 is 11.9. The van der Waals surface area contributed by atoms with Crippen LogP contribution in [0, 0.1) is 10.1 Å². The second-order valence-corrected chi connectivity index (χ2v) is 5.91. The van der Waals surface area contributed by atoms with Crippen molar-refractivity contribution in [3.05, 3.63) is 72.6 Å². The van der Waals surface area contributed by atoms with Crippen molar-refractivity contribution in [1.29, 1.82) is 0 Å². The molecule has 0 aliphatic rings. The number of carbonyl (C=O) groups is 1. The van der Waals surface area contributed by atoms with Crippen molar-refractivity contribution in [2.24, 2.45) is 0 Å². The lowest BCUT2D eigenvalue weighted by Gasteiger charge is -2.16. The van der Waals surface area contributed by atoms with Crippen molar-refractivity contribution >= 4 is 34.8 Å². The number of rotatable bonds is 5. The second kappa shape index (κ2) is 7.46. The number of halogens is 2. The quantitative estimate of drug-likeness (QED) is 0.647. The average Bonchev–Trinajstić information content (AvgIpc) is 2.48. The van der Waals surface area contributed by atoms with Crippen molar-refractivity contribution in [3.63, 3.8) is 0 Å². The fourth-order valence-corrected chi connectivity index (χ4v) is 2.69. The summed E-state index contributed by atoms with van der Waals surface area (Å²) < 4.78 is 0.976. The van der Waals surface area contributed by atoms with Crippen molar-refractivity contribution < 1.29 is 9.72 Å². The highest BCUT2D eigenvalue weighted by Crippen LogP contribution is 2.26. The Kier molecular flexibility index (Phi) is 5.58. The minimum Gasteiger partial charge on any atom is -0.348 e. The Morgan fingerprint density at radius 1 is 1.33 bits per heavy atom. The zero-order chi connectivity index (χ0) is 17.9. The summed E-state index contributed by atoms with van der Waals surface area (Å²) in [6, 6.07) is 6.62. The standard InChI is InChI=1S/C15H13Cl2N3O4/c1-9(12-4-2-10(16)6-13(12)17)18-14(21)8-19-7-11(20(23)24)3-5-15(19)22/h2-7,9H,8H2,1H3,(H,18,21). The molecule has 9 heteroatoms. The Morgan fingerprint density at radius 3 is 2.67 bits per heavy atom. The van der Waals surface area contributed by atoms with E-state index in [1.54, 1.807) is 25.1 Å². The van der Waals surface area contributed by atoms with Crippen LogP contribution in [-0.4, -0.2) is 15.4 Å². The summed E-state index contributed by atoms with van der Waals surface area (Å²) in [6.07, 6.45) is 1.03. The molecular weight excluding hydrogens is 357 g/mol. The molecule has 1 aromatic carbocycles. The van der Waals surface area contributed by atoms with Gasteiger partial charge in [0.2, 0.25) is 5.91 Å². The van der Waals surface area contributed by atoms with E-state index in [2.05, 4.69) is 5.32 Å². The minimum absolute atomic E-state index is 0.267. The Morgan fingerprint density at radius 2 is 2.04 bits per heavy atom. The highest BCUT2D eigenvalue weighted by molar-refractivity contribution is 6.35. The first-order valence-corrected chi connectivity index (χ1v) is 7.62. The van der Waals surface area contributed by atoms with Gasteiger partial charge in [-0.1, -0.05) is 29.3 Å². The largest absolute Gasteiger partial charge is 0.348 e. The summed E-state index contributed by atoms with van der Waals surface area (Å²) in [5.74, 6) is -0.476. The molecule has 0 aliphatic carbocycles. The lowest BCUT2D eigenvalue weighted by molar-refractivity contribution is -0.385. The molecule has 1 amide bonds. The molecule has 2 aromatic rings. The van der Waals surface area contributed by atoms with E-state index in [0.29, 0.717) is 15.6 Å². The van der Waals surface area contributed by atoms with Crippen LogP contribution in [0.2, 0.25) is 10.0 Å². The molecule has 24 heavy (non-hydrogen) atoms. The maximum Gasteiger partial charge on any atom is 0.285 e. The third-order valence-electron chi connectivity index (χ3n) is 3.30. The normalized spacial score (nSPS) is 11.8. The van der Waals surface area contributed by atoms with Crippen LogP contribution >= 0.6 is 23.2 Å². The first-order chi connectivity index (χ1) is 11.3. The number of nitro groups is 1. The third-order valence-corrected chi connectivity index (χ3v) is 3.86. The monoisotopic (exact) mass is 369 g/mol. The average molecular weight is 370 g/mol. The number of amides is 1. The number of hydrogen-bond donors (Lipinski definition) is 1. The van der Waals surface area contributed by atoms with Crippen molar-refractivity contribution in [2.45, 2.75) is 19.5 Å². The van der Waals surface area contributed by atoms with Gasteiger partial charge in [-0.2, -0.15) is 0 Å². The number of benzene rings is 1. The molecular formula is C15H13Cl2N3O4. The lowest BCUT2D eigenvalue weighted by atomic mass is 10.1. The molecule has 1 atom stereocenters. The van der Waals surface area contributed by atoms with Gasteiger partial charge in [-0.25, -0.2) is 0 Å². The van der Waals surface area contributed by atoms with Crippen LogP contribution in [0.4, 0.5) is 5.69 Å². The van der Waals surface area contributed by atoms with Crippen molar-refractivity contribution in [1.82, 2.24) is 9.88 Å². The number of pyridine rings is 1. The van der Waals surface area contributed by atoms with Crippen LogP contribution in [0.5, 0.6) is 0 Å². The molecule has 0 bridgehead atoms. The van der Waals surface area contributed by atoms with E-state index < -0.39 is 22.4 Å². The molecule has 0 saturated carbocycles. The summed E-state index contributed by atoms with van der Waals surface area (Å²) in [5.41, 5.74) is -0.107. The molecule has 0 fully saturated rings. The molecule has 0 aliphatic heterocycles. The van der Waals surface area contributed by atoms with Crippen LogP contribution in [0.1, 0.15) is 18.5 Å². The summed E-state index contributed by atoms with van der Waals surface area (Å²) in [4.78, 5) is 33.9. The van der Waals surface area contributed by atoms with Gasteiger partial charge in [0, 0.05) is 22.2 Å². The van der Waals surface area contributed by atoms with E-state index in [0.717, 1.165) is 22.9 Å². The topological polar surface area (TPSA) is 94.2 Å². The molecule has 1 unspecified atom stereocenters. The van der Waals surface area contributed by atoms with Crippen molar-refractivity contribution in [3.8, 4) is 0 Å². The smallest absolute Gasteiger partial charge is 0.285 e. The van der Waals surface area contributed by atoms with Gasteiger partial charge in [0.05, 0.1) is 17.2 Å². The number of nitrogens with zero attached hydrogens (tertiary/aromatic N) is 2. The van der Waals surface area contributed by atoms with E-state index >= 15 is 0 Å². The molecule has 2 rings (SSSR count). The molecule has 126 valence electrons. The van der Waals surface area contributed by atoms with Gasteiger partial charge in [0.15, 0.2) is 0 Å². The van der Waals surface area contributed by atoms with E-state index in [-0.39, 0.29) is 12.2 Å². The molecule has 7 nitrogen and oxygen atoms in total. The molecule has 1 heterocycles. The van der Waals surface area contributed by atoms with Crippen LogP contribution in [0.15, 0.2) is 41.3 Å². The second-order valence-electron chi connectivity index (χ2n) is 5.07. The van der Waals surface area contributed by atoms with E-state index in [4.69, 9.17) is 23.2 Å². The van der Waals surface area contributed by atoms with Gasteiger partial charge in [-0.05, 0) is 24.6 Å². The number of nitrogens with one attached hydrogen (secondary N) is 1. The van der Waals surface area contributed by atoms with Crippen molar-refractivity contribution in [2.75, 3.05) is 0 Å². The minimum atomic E-state index is -0.635. The van der Waals surface area contributed by atoms with Gasteiger partial charge in [-0.3, -0.25) is 24.3 Å². The predicted octanol–water partition coefficient (Wildman–Crippen LogP) is 2.94. The van der Waals surface area contributed by atoms with Gasteiger partial charge in [0.25, 0.3) is 11.2 Å². The van der Waals surface area contributed by atoms with Crippen LogP contribution in [0.25, 0.3) is 0 Å². The zero-order valence-corrected chi connectivity index (χ0v) is 14.0. The van der Waals surface area contributed by atoms with Gasteiger partial charge in [0.1, 0.15) is 6.54 Å². The zero-order valence-electron chi connectivity index (χ0n) is 12.5. The van der Waals surface area contributed by atoms with Gasteiger partial charge in [-0.15, -0.1) is 0 Å². The Balaban J connectivity index is 2.12. The van der Waals surface area contributed by atoms with E-state index in [1.165, 1.54) is 0 Å². The first kappa shape index (κ1) is 18.0. The highest BCUT2D eigenvalue weighted by Gasteiger charge is 2.15. The van der Waals surface area contributed by atoms with Gasteiger partial charge < -0.3 is 5.32 Å². The summed E-state index contributed by atoms with van der Waals surface area (Å²) in [5, 5.41) is 14.3. The first-order valence-electron chi connectivity index (χ1n) is 6.87. The summed E-state index contributed by atoms with van der Waals surface area (Å²) in [7, 11) is 0. The molecule has 1 aromatic heterocycles. The maximum atomic E-state index is 12.1. The van der Waals surface area contributed by atoms with Crippen LogP contribution < -0.4 is 10.9 Å². The Hall–Kier alpha value is -2.38. The number of hydrogen-bond acceptors (Lipinski definition) is 4. The SMILES string of the molecule is CC(NC(=O)Cn1cc([N+](=O)[O-])ccc1=O)c1ccc(Cl)cc1Cl. The molecule has 0 radical (unpaired) electrons. The number of carbonyl (C=O) groups excluding carboxylic acids is 1. The fraction of sp³-hybridized carbons (Fsp3) is 0.200. The Bertz CT molecular complexity index is 851. The maximum absolute atomic E-state index is 12.1. The van der Waals surface area contributed by atoms with Crippen LogP contribution in [0.3, 0.4) is 0 Å². The number of aromatic nitrogens is 1. The third kappa shape index (κ3) is 4.33. The molecule has 1 N–H and O–H groups in total. The molecule has 0 saturated heterocycles. The van der Waals surface area contributed by atoms with E-state index in [9.17, 15) is 19.7 Å². The van der Waals surface area contributed by atoms with Gasteiger partial charge >= 0.3 is 0 Å².